The average molecular weight is 327 g/mol. The van der Waals surface area contributed by atoms with Crippen molar-refractivity contribution in [2.45, 2.75) is 26.3 Å². The number of hydrogen-bond donors (Lipinski definition) is 2. The van der Waals surface area contributed by atoms with Gasteiger partial charge in [0.05, 0.1) is 5.69 Å². The summed E-state index contributed by atoms with van der Waals surface area (Å²) >= 11 is 0. The monoisotopic (exact) mass is 327 g/mol. The number of carbonyl (C=O) groups is 2. The molecule has 1 aliphatic rings. The second kappa shape index (κ2) is 6.74. The van der Waals surface area contributed by atoms with E-state index in [9.17, 15) is 9.59 Å². The van der Waals surface area contributed by atoms with Crippen LogP contribution in [0, 0.1) is 6.92 Å². The van der Waals surface area contributed by atoms with Crippen molar-refractivity contribution in [2.24, 2.45) is 7.05 Å². The fraction of sp³-hybridized carbons (Fsp3) is 0.353. The summed E-state index contributed by atoms with van der Waals surface area (Å²) in [6.45, 7) is 3.07. The molecule has 24 heavy (non-hydrogen) atoms. The largest absolute Gasteiger partial charge is 0.334 e. The SMILES string of the molecule is Cc1cc(NC(=O)NCc2ccc(N3CCCC3=O)cc2)n(C)n1. The lowest BCUT2D eigenvalue weighted by Crippen LogP contribution is -2.29. The van der Waals surface area contributed by atoms with E-state index in [0.29, 0.717) is 18.8 Å². The van der Waals surface area contributed by atoms with E-state index in [1.165, 1.54) is 0 Å². The van der Waals surface area contributed by atoms with E-state index in [2.05, 4.69) is 15.7 Å². The molecule has 0 radical (unpaired) electrons. The van der Waals surface area contributed by atoms with Gasteiger partial charge in [-0.15, -0.1) is 0 Å². The van der Waals surface area contributed by atoms with E-state index in [-0.39, 0.29) is 11.9 Å². The lowest BCUT2D eigenvalue weighted by Gasteiger charge is -2.16. The Hall–Kier alpha value is -2.83. The zero-order valence-electron chi connectivity index (χ0n) is 13.9. The van der Waals surface area contributed by atoms with E-state index < -0.39 is 0 Å². The van der Waals surface area contributed by atoms with Gasteiger partial charge in [0.25, 0.3) is 0 Å². The number of hydrogen-bond acceptors (Lipinski definition) is 3. The Kier molecular flexibility index (Phi) is 4.50. The molecule has 1 aliphatic heterocycles. The third kappa shape index (κ3) is 3.56. The highest BCUT2D eigenvalue weighted by Crippen LogP contribution is 2.21. The standard InChI is InChI=1S/C17H21N5O2/c1-12-10-15(21(2)20-12)19-17(24)18-11-13-5-7-14(8-6-13)22-9-3-4-16(22)23/h5-8,10H,3-4,9,11H2,1-2H3,(H2,18,19,24). The first-order chi connectivity index (χ1) is 11.5. The minimum Gasteiger partial charge on any atom is -0.334 e. The molecule has 3 rings (SSSR count). The number of anilines is 2. The molecule has 2 N–H and O–H groups in total. The van der Waals surface area contributed by atoms with Crippen molar-refractivity contribution >= 4 is 23.4 Å². The van der Waals surface area contributed by atoms with Crippen molar-refractivity contribution in [3.05, 3.63) is 41.6 Å². The minimum atomic E-state index is -0.281. The molecule has 2 aromatic rings. The number of nitrogens with zero attached hydrogens (tertiary/aromatic N) is 3. The Morgan fingerprint density at radius 2 is 2.04 bits per heavy atom. The van der Waals surface area contributed by atoms with Crippen molar-refractivity contribution in [3.8, 4) is 0 Å². The van der Waals surface area contributed by atoms with Gasteiger partial charge in [-0.05, 0) is 31.0 Å². The summed E-state index contributed by atoms with van der Waals surface area (Å²) in [5.74, 6) is 0.819. The zero-order valence-corrected chi connectivity index (χ0v) is 13.9. The van der Waals surface area contributed by atoms with Crippen LogP contribution in [0.5, 0.6) is 0 Å². The van der Waals surface area contributed by atoms with Crippen LogP contribution in [0.1, 0.15) is 24.1 Å². The number of nitrogens with one attached hydrogen (secondary N) is 2. The summed E-state index contributed by atoms with van der Waals surface area (Å²) < 4.78 is 1.62. The van der Waals surface area contributed by atoms with Crippen LogP contribution >= 0.6 is 0 Å². The van der Waals surface area contributed by atoms with Crippen molar-refractivity contribution in [1.82, 2.24) is 15.1 Å². The van der Waals surface area contributed by atoms with Gasteiger partial charge in [-0.2, -0.15) is 5.10 Å². The third-order valence-corrected chi connectivity index (χ3v) is 4.02. The summed E-state index contributed by atoms with van der Waals surface area (Å²) in [7, 11) is 1.78. The number of aryl methyl sites for hydroxylation is 2. The Labute approximate surface area is 140 Å². The van der Waals surface area contributed by atoms with Gasteiger partial charge in [-0.3, -0.25) is 14.8 Å². The molecule has 2 heterocycles. The maximum absolute atomic E-state index is 12.0. The fourth-order valence-corrected chi connectivity index (χ4v) is 2.79. The molecule has 0 saturated carbocycles. The Bertz CT molecular complexity index is 751. The van der Waals surface area contributed by atoms with Gasteiger partial charge in [0.1, 0.15) is 5.82 Å². The summed E-state index contributed by atoms with van der Waals surface area (Å²) in [5.41, 5.74) is 2.73. The molecule has 3 amide bonds. The summed E-state index contributed by atoms with van der Waals surface area (Å²) in [5, 5.41) is 9.75. The Morgan fingerprint density at radius 3 is 2.62 bits per heavy atom. The molecule has 126 valence electrons. The van der Waals surface area contributed by atoms with E-state index >= 15 is 0 Å². The van der Waals surface area contributed by atoms with Gasteiger partial charge in [0.2, 0.25) is 5.91 Å². The van der Waals surface area contributed by atoms with E-state index in [4.69, 9.17) is 0 Å². The van der Waals surface area contributed by atoms with E-state index in [1.807, 2.05) is 31.2 Å². The second-order valence-electron chi connectivity index (χ2n) is 5.92. The number of benzene rings is 1. The minimum absolute atomic E-state index is 0.173. The van der Waals surface area contributed by atoms with Crippen LogP contribution in [0.15, 0.2) is 30.3 Å². The Balaban J connectivity index is 1.53. The molecular weight excluding hydrogens is 306 g/mol. The summed E-state index contributed by atoms with van der Waals surface area (Å²) in [6.07, 6.45) is 1.53. The van der Waals surface area contributed by atoms with Gasteiger partial charge in [-0.25, -0.2) is 4.79 Å². The number of carbonyl (C=O) groups excluding carboxylic acids is 2. The molecule has 1 fully saturated rings. The van der Waals surface area contributed by atoms with Crippen LogP contribution in [-0.2, 0) is 18.4 Å². The molecule has 1 aromatic carbocycles. The molecule has 0 atom stereocenters. The van der Waals surface area contributed by atoms with Crippen molar-refractivity contribution in [2.75, 3.05) is 16.8 Å². The van der Waals surface area contributed by atoms with Gasteiger partial charge in [-0.1, -0.05) is 12.1 Å². The van der Waals surface area contributed by atoms with Gasteiger partial charge in [0, 0.05) is 38.3 Å². The van der Waals surface area contributed by atoms with Gasteiger partial charge >= 0.3 is 6.03 Å². The highest BCUT2D eigenvalue weighted by atomic mass is 16.2. The highest BCUT2D eigenvalue weighted by Gasteiger charge is 2.21. The van der Waals surface area contributed by atoms with Gasteiger partial charge in [0.15, 0.2) is 0 Å². The third-order valence-electron chi connectivity index (χ3n) is 4.02. The highest BCUT2D eigenvalue weighted by molar-refractivity contribution is 5.95. The number of rotatable bonds is 4. The van der Waals surface area contributed by atoms with Crippen molar-refractivity contribution in [3.63, 3.8) is 0 Å². The molecular formula is C17H21N5O2. The normalized spacial score (nSPS) is 14.1. The van der Waals surface area contributed by atoms with Crippen LogP contribution in [-0.4, -0.2) is 28.3 Å². The van der Waals surface area contributed by atoms with Crippen LogP contribution in [0.4, 0.5) is 16.3 Å². The topological polar surface area (TPSA) is 79.3 Å². The summed E-state index contributed by atoms with van der Waals surface area (Å²) in [6, 6.07) is 9.22. The zero-order chi connectivity index (χ0) is 17.1. The first-order valence-corrected chi connectivity index (χ1v) is 7.98. The maximum Gasteiger partial charge on any atom is 0.320 e. The number of amides is 3. The molecule has 1 saturated heterocycles. The molecule has 0 aliphatic carbocycles. The van der Waals surface area contributed by atoms with Gasteiger partial charge < -0.3 is 10.2 Å². The second-order valence-corrected chi connectivity index (χ2v) is 5.92. The molecule has 7 nitrogen and oxygen atoms in total. The lowest BCUT2D eigenvalue weighted by molar-refractivity contribution is -0.117. The quantitative estimate of drug-likeness (QED) is 0.903. The van der Waals surface area contributed by atoms with Crippen molar-refractivity contribution < 1.29 is 9.59 Å². The lowest BCUT2D eigenvalue weighted by atomic mass is 10.2. The first kappa shape index (κ1) is 16.0. The maximum atomic E-state index is 12.0. The fourth-order valence-electron chi connectivity index (χ4n) is 2.79. The first-order valence-electron chi connectivity index (χ1n) is 7.98. The van der Waals surface area contributed by atoms with Crippen LogP contribution in [0.2, 0.25) is 0 Å². The predicted molar refractivity (Wildman–Crippen MR) is 91.8 cm³/mol. The van der Waals surface area contributed by atoms with Crippen LogP contribution in [0.3, 0.4) is 0 Å². The molecule has 0 spiro atoms. The van der Waals surface area contributed by atoms with E-state index in [0.717, 1.165) is 29.9 Å². The molecule has 0 unspecified atom stereocenters. The number of urea groups is 1. The smallest absolute Gasteiger partial charge is 0.320 e. The predicted octanol–water partition coefficient (Wildman–Crippen LogP) is 2.18. The molecule has 1 aromatic heterocycles. The van der Waals surface area contributed by atoms with E-state index in [1.54, 1.807) is 22.7 Å². The van der Waals surface area contributed by atoms with Crippen LogP contribution < -0.4 is 15.5 Å². The average Bonchev–Trinajstić information content (AvgIpc) is 3.11. The molecule has 0 bridgehead atoms. The molecule has 7 heteroatoms. The Morgan fingerprint density at radius 1 is 1.29 bits per heavy atom. The summed E-state index contributed by atoms with van der Waals surface area (Å²) in [4.78, 5) is 25.5. The van der Waals surface area contributed by atoms with Crippen LogP contribution in [0.25, 0.3) is 0 Å². The van der Waals surface area contributed by atoms with Crippen molar-refractivity contribution in [1.29, 1.82) is 0 Å². The number of aromatic nitrogens is 2.